The molecule has 0 spiro atoms. The van der Waals surface area contributed by atoms with Gasteiger partial charge in [0.25, 0.3) is 0 Å². The Morgan fingerprint density at radius 3 is 3.08 bits per heavy atom. The van der Waals surface area contributed by atoms with Crippen LogP contribution in [0, 0.1) is 0 Å². The summed E-state index contributed by atoms with van der Waals surface area (Å²) in [6.45, 7) is 4.11. The highest BCUT2D eigenvalue weighted by Crippen LogP contribution is 2.17. The van der Waals surface area contributed by atoms with Crippen molar-refractivity contribution in [2.75, 3.05) is 32.6 Å². The quantitative estimate of drug-likeness (QED) is 0.637. The van der Waals surface area contributed by atoms with E-state index in [2.05, 4.69) is 6.92 Å². The van der Waals surface area contributed by atoms with Gasteiger partial charge in [-0.25, -0.2) is 0 Å². The Bertz CT molecular complexity index is 163. The van der Waals surface area contributed by atoms with Gasteiger partial charge in [-0.3, -0.25) is 4.79 Å². The second kappa shape index (κ2) is 4.72. The van der Waals surface area contributed by atoms with E-state index >= 15 is 0 Å². The molecule has 1 atom stereocenters. The SMILES string of the molecule is COCC(=O)N1CCSC(C)C1. The number of carbonyl (C=O) groups is 1. The molecule has 0 aliphatic carbocycles. The molecule has 1 aliphatic heterocycles. The molecule has 3 nitrogen and oxygen atoms in total. The molecule has 4 heteroatoms. The van der Waals surface area contributed by atoms with Crippen molar-refractivity contribution in [3.63, 3.8) is 0 Å². The number of thioether (sulfide) groups is 1. The minimum absolute atomic E-state index is 0.115. The van der Waals surface area contributed by atoms with E-state index in [1.165, 1.54) is 0 Å². The van der Waals surface area contributed by atoms with E-state index in [0.717, 1.165) is 18.8 Å². The van der Waals surface area contributed by atoms with Gasteiger partial charge in [0, 0.05) is 31.2 Å². The molecule has 0 aromatic carbocycles. The Morgan fingerprint density at radius 2 is 2.50 bits per heavy atom. The molecule has 0 aromatic heterocycles. The number of rotatable bonds is 2. The van der Waals surface area contributed by atoms with Gasteiger partial charge in [0.05, 0.1) is 0 Å². The van der Waals surface area contributed by atoms with E-state index in [0.29, 0.717) is 5.25 Å². The van der Waals surface area contributed by atoms with Crippen LogP contribution in [0.25, 0.3) is 0 Å². The second-order valence-electron chi connectivity index (χ2n) is 2.95. The summed E-state index contributed by atoms with van der Waals surface area (Å²) < 4.78 is 4.79. The van der Waals surface area contributed by atoms with Gasteiger partial charge in [0.1, 0.15) is 6.61 Å². The molecule has 1 unspecified atom stereocenters. The van der Waals surface area contributed by atoms with Crippen LogP contribution in [0.5, 0.6) is 0 Å². The number of carbonyl (C=O) groups excluding carboxylic acids is 1. The van der Waals surface area contributed by atoms with Gasteiger partial charge < -0.3 is 9.64 Å². The summed E-state index contributed by atoms with van der Waals surface area (Å²) in [6, 6.07) is 0. The maximum Gasteiger partial charge on any atom is 0.248 e. The van der Waals surface area contributed by atoms with Crippen LogP contribution in [-0.2, 0) is 9.53 Å². The first-order valence-electron chi connectivity index (χ1n) is 4.12. The molecular weight excluding hydrogens is 174 g/mol. The summed E-state index contributed by atoms with van der Waals surface area (Å²) in [4.78, 5) is 13.2. The third-order valence-electron chi connectivity index (χ3n) is 1.86. The van der Waals surface area contributed by atoms with Crippen molar-refractivity contribution in [2.45, 2.75) is 12.2 Å². The molecule has 0 N–H and O–H groups in total. The van der Waals surface area contributed by atoms with Crippen LogP contribution in [0.2, 0.25) is 0 Å². The minimum Gasteiger partial charge on any atom is -0.375 e. The number of hydrogen-bond acceptors (Lipinski definition) is 3. The molecule has 0 radical (unpaired) electrons. The van der Waals surface area contributed by atoms with Crippen LogP contribution in [0.1, 0.15) is 6.92 Å². The van der Waals surface area contributed by atoms with Crippen molar-refractivity contribution >= 4 is 17.7 Å². The van der Waals surface area contributed by atoms with E-state index in [4.69, 9.17) is 4.74 Å². The molecule has 1 fully saturated rings. The Hall–Kier alpha value is -0.220. The molecule has 0 saturated carbocycles. The van der Waals surface area contributed by atoms with Crippen molar-refractivity contribution in [3.8, 4) is 0 Å². The van der Waals surface area contributed by atoms with E-state index in [1.807, 2.05) is 16.7 Å². The maximum atomic E-state index is 11.3. The van der Waals surface area contributed by atoms with Crippen LogP contribution in [0.4, 0.5) is 0 Å². The first kappa shape index (κ1) is 9.86. The lowest BCUT2D eigenvalue weighted by Gasteiger charge is -2.30. The minimum atomic E-state index is 0.115. The predicted molar refractivity (Wildman–Crippen MR) is 50.4 cm³/mol. The fourth-order valence-electron chi connectivity index (χ4n) is 1.26. The van der Waals surface area contributed by atoms with Gasteiger partial charge in [0.15, 0.2) is 0 Å². The lowest BCUT2D eigenvalue weighted by molar-refractivity contribution is -0.135. The van der Waals surface area contributed by atoms with Gasteiger partial charge >= 0.3 is 0 Å². The molecule has 1 amide bonds. The van der Waals surface area contributed by atoms with Crippen LogP contribution < -0.4 is 0 Å². The Labute approximate surface area is 77.4 Å². The maximum absolute atomic E-state index is 11.3. The Balaban J connectivity index is 2.35. The van der Waals surface area contributed by atoms with Gasteiger partial charge in [0.2, 0.25) is 5.91 Å². The van der Waals surface area contributed by atoms with E-state index in [-0.39, 0.29) is 12.5 Å². The van der Waals surface area contributed by atoms with E-state index < -0.39 is 0 Å². The Kier molecular flexibility index (Phi) is 3.88. The second-order valence-corrected chi connectivity index (χ2v) is 4.50. The van der Waals surface area contributed by atoms with Gasteiger partial charge in [-0.15, -0.1) is 0 Å². The molecule has 1 saturated heterocycles. The third-order valence-corrected chi connectivity index (χ3v) is 3.00. The van der Waals surface area contributed by atoms with E-state index in [1.54, 1.807) is 7.11 Å². The van der Waals surface area contributed by atoms with Crippen molar-refractivity contribution in [2.24, 2.45) is 0 Å². The highest BCUT2D eigenvalue weighted by molar-refractivity contribution is 7.99. The number of ether oxygens (including phenoxy) is 1. The molecule has 1 heterocycles. The number of methoxy groups -OCH3 is 1. The molecular formula is C8H15NO2S. The lowest BCUT2D eigenvalue weighted by atomic mass is 10.4. The molecule has 1 aliphatic rings. The molecule has 70 valence electrons. The zero-order valence-corrected chi connectivity index (χ0v) is 8.39. The molecule has 12 heavy (non-hydrogen) atoms. The number of hydrogen-bond donors (Lipinski definition) is 0. The van der Waals surface area contributed by atoms with Crippen molar-refractivity contribution in [1.29, 1.82) is 0 Å². The van der Waals surface area contributed by atoms with Crippen LogP contribution in [-0.4, -0.2) is 48.6 Å². The van der Waals surface area contributed by atoms with Crippen LogP contribution in [0.15, 0.2) is 0 Å². The summed E-state index contributed by atoms with van der Waals surface area (Å²) in [5.74, 6) is 1.17. The first-order chi connectivity index (χ1) is 5.74. The standard InChI is InChI=1S/C8H15NO2S/c1-7-5-9(3-4-12-7)8(10)6-11-2/h7H,3-6H2,1-2H3. The first-order valence-corrected chi connectivity index (χ1v) is 5.17. The highest BCUT2D eigenvalue weighted by atomic mass is 32.2. The Morgan fingerprint density at radius 1 is 1.75 bits per heavy atom. The van der Waals surface area contributed by atoms with Gasteiger partial charge in [-0.1, -0.05) is 6.92 Å². The lowest BCUT2D eigenvalue weighted by Crippen LogP contribution is -2.42. The summed E-state index contributed by atoms with van der Waals surface area (Å²) in [7, 11) is 1.56. The number of amides is 1. The third kappa shape index (κ3) is 2.68. The predicted octanol–water partition coefficient (Wildman–Crippen LogP) is 0.597. The zero-order valence-electron chi connectivity index (χ0n) is 7.58. The van der Waals surface area contributed by atoms with Gasteiger partial charge in [-0.2, -0.15) is 11.8 Å². The molecule has 1 rings (SSSR count). The van der Waals surface area contributed by atoms with Crippen molar-refractivity contribution < 1.29 is 9.53 Å². The summed E-state index contributed by atoms with van der Waals surface area (Å²) >= 11 is 1.92. The van der Waals surface area contributed by atoms with Crippen LogP contribution >= 0.6 is 11.8 Å². The zero-order chi connectivity index (χ0) is 8.97. The summed E-state index contributed by atoms with van der Waals surface area (Å²) in [5, 5.41) is 0.569. The monoisotopic (exact) mass is 189 g/mol. The topological polar surface area (TPSA) is 29.5 Å². The number of nitrogens with zero attached hydrogens (tertiary/aromatic N) is 1. The highest BCUT2D eigenvalue weighted by Gasteiger charge is 2.20. The fraction of sp³-hybridized carbons (Fsp3) is 0.875. The smallest absolute Gasteiger partial charge is 0.248 e. The molecule has 0 aromatic rings. The summed E-state index contributed by atoms with van der Waals surface area (Å²) in [5.41, 5.74) is 0. The van der Waals surface area contributed by atoms with Crippen molar-refractivity contribution in [3.05, 3.63) is 0 Å². The van der Waals surface area contributed by atoms with Crippen molar-refractivity contribution in [1.82, 2.24) is 4.90 Å². The van der Waals surface area contributed by atoms with E-state index in [9.17, 15) is 4.79 Å². The average Bonchev–Trinajstić information content (AvgIpc) is 2.05. The normalized spacial score (nSPS) is 24.2. The fourth-order valence-corrected chi connectivity index (χ4v) is 2.27. The van der Waals surface area contributed by atoms with Crippen LogP contribution in [0.3, 0.4) is 0 Å². The molecule has 0 bridgehead atoms. The summed E-state index contributed by atoms with van der Waals surface area (Å²) in [6.07, 6.45) is 0. The average molecular weight is 189 g/mol. The largest absolute Gasteiger partial charge is 0.375 e. The van der Waals surface area contributed by atoms with Gasteiger partial charge in [-0.05, 0) is 0 Å².